The lowest BCUT2D eigenvalue weighted by Crippen LogP contribution is -2.56. The molecule has 0 unspecified atom stereocenters. The van der Waals surface area contributed by atoms with Crippen LogP contribution in [0.25, 0.3) is 0 Å². The highest BCUT2D eigenvalue weighted by Gasteiger charge is 2.38. The van der Waals surface area contributed by atoms with Gasteiger partial charge in [0, 0.05) is 13.7 Å². The Kier molecular flexibility index (Phi) is 6.06. The molecule has 1 rings (SSSR count). The van der Waals surface area contributed by atoms with Gasteiger partial charge in [-0.2, -0.15) is 5.26 Å². The molecular weight excluding hydrogens is 246 g/mol. The van der Waals surface area contributed by atoms with E-state index in [9.17, 15) is 10.1 Å². The maximum atomic E-state index is 12.0. The minimum absolute atomic E-state index is 0.0351. The molecule has 19 heavy (non-hydrogen) atoms. The van der Waals surface area contributed by atoms with Crippen LogP contribution in [0.2, 0.25) is 0 Å². The smallest absolute Gasteiger partial charge is 0.425 e. The number of hydrogen-bond donors (Lipinski definition) is 0. The maximum absolute atomic E-state index is 12.0. The van der Waals surface area contributed by atoms with E-state index in [1.165, 1.54) is 12.1 Å². The van der Waals surface area contributed by atoms with Crippen molar-refractivity contribution < 1.29 is 14.3 Å². The number of amides is 1. The molecule has 1 amide bonds. The lowest BCUT2D eigenvalue weighted by atomic mass is 10.1. The summed E-state index contributed by atoms with van der Waals surface area (Å²) in [5.41, 5.74) is 0. The molecule has 0 aromatic rings. The summed E-state index contributed by atoms with van der Waals surface area (Å²) < 4.78 is 10.0. The second-order valence-corrected chi connectivity index (χ2v) is 5.05. The maximum Gasteiger partial charge on any atom is 0.425 e. The van der Waals surface area contributed by atoms with Crippen LogP contribution in [-0.2, 0) is 9.47 Å². The molecule has 1 heterocycles. The molecule has 1 fully saturated rings. The Balaban J connectivity index is 2.96. The van der Waals surface area contributed by atoms with E-state index < -0.39 is 12.1 Å². The van der Waals surface area contributed by atoms with Gasteiger partial charge in [-0.1, -0.05) is 13.8 Å². The summed E-state index contributed by atoms with van der Waals surface area (Å²) >= 11 is 0. The summed E-state index contributed by atoms with van der Waals surface area (Å²) in [5.74, 6) is 0.0351. The quantitative estimate of drug-likeness (QED) is 0.759. The van der Waals surface area contributed by atoms with Gasteiger partial charge in [0.25, 0.3) is 0 Å². The van der Waals surface area contributed by atoms with E-state index in [1.807, 2.05) is 18.9 Å². The second kappa shape index (κ2) is 7.31. The molecule has 0 aliphatic carbocycles. The highest BCUT2D eigenvalue weighted by atomic mass is 16.5. The van der Waals surface area contributed by atoms with Crippen molar-refractivity contribution in [3.63, 3.8) is 0 Å². The SMILES string of the molecule is COC[C@@H]1CCCN1N(C(=O)OC)[C@H](C#N)C(C)C. The van der Waals surface area contributed by atoms with Crippen molar-refractivity contribution in [2.24, 2.45) is 5.92 Å². The monoisotopic (exact) mass is 269 g/mol. The number of ether oxygens (including phenoxy) is 2. The van der Waals surface area contributed by atoms with Crippen molar-refractivity contribution in [2.75, 3.05) is 27.4 Å². The number of nitrogens with zero attached hydrogens (tertiary/aromatic N) is 3. The minimum atomic E-state index is -0.523. The Bertz CT molecular complexity index is 341. The number of nitriles is 1. The highest BCUT2D eigenvalue weighted by molar-refractivity contribution is 5.67. The van der Waals surface area contributed by atoms with Gasteiger partial charge in [-0.05, 0) is 18.8 Å². The summed E-state index contributed by atoms with van der Waals surface area (Å²) in [6.07, 6.45) is 1.46. The standard InChI is InChI=1S/C13H23N3O3/c1-10(2)12(8-14)16(13(17)19-4)15-7-5-6-11(15)9-18-3/h10-12H,5-7,9H2,1-4H3/t11-,12+/m0/s1. The number of hydrogen-bond acceptors (Lipinski definition) is 5. The first-order valence-corrected chi connectivity index (χ1v) is 6.59. The van der Waals surface area contributed by atoms with E-state index >= 15 is 0 Å². The zero-order valence-electron chi connectivity index (χ0n) is 12.1. The van der Waals surface area contributed by atoms with Crippen molar-refractivity contribution in [1.82, 2.24) is 10.0 Å². The second-order valence-electron chi connectivity index (χ2n) is 5.05. The number of hydrazine groups is 1. The van der Waals surface area contributed by atoms with Gasteiger partial charge >= 0.3 is 6.09 Å². The summed E-state index contributed by atoms with van der Waals surface area (Å²) in [6.45, 7) is 5.13. The van der Waals surface area contributed by atoms with Gasteiger partial charge in [0.05, 0.1) is 25.8 Å². The van der Waals surface area contributed by atoms with E-state index in [4.69, 9.17) is 9.47 Å². The molecule has 1 saturated heterocycles. The lowest BCUT2D eigenvalue weighted by molar-refractivity contribution is -0.0653. The summed E-state index contributed by atoms with van der Waals surface area (Å²) in [5, 5.41) is 12.7. The molecule has 0 spiro atoms. The summed E-state index contributed by atoms with van der Waals surface area (Å²) in [4.78, 5) is 12.0. The van der Waals surface area contributed by atoms with Gasteiger partial charge in [-0.3, -0.25) is 0 Å². The van der Waals surface area contributed by atoms with E-state index in [0.717, 1.165) is 19.4 Å². The molecule has 1 aliphatic rings. The fourth-order valence-corrected chi connectivity index (χ4v) is 2.42. The van der Waals surface area contributed by atoms with E-state index in [1.54, 1.807) is 7.11 Å². The topological polar surface area (TPSA) is 65.8 Å². The molecule has 6 nitrogen and oxygen atoms in total. The third-order valence-electron chi connectivity index (χ3n) is 3.37. The number of methoxy groups -OCH3 is 2. The third-order valence-corrected chi connectivity index (χ3v) is 3.37. The average Bonchev–Trinajstić information content (AvgIpc) is 2.82. The molecule has 0 N–H and O–H groups in total. The predicted molar refractivity (Wildman–Crippen MR) is 70.1 cm³/mol. The van der Waals surface area contributed by atoms with Gasteiger partial charge in [0.1, 0.15) is 6.04 Å². The van der Waals surface area contributed by atoms with Crippen LogP contribution >= 0.6 is 0 Å². The first kappa shape index (κ1) is 15.7. The van der Waals surface area contributed by atoms with Crippen molar-refractivity contribution in [3.05, 3.63) is 0 Å². The van der Waals surface area contributed by atoms with Crippen LogP contribution in [0.1, 0.15) is 26.7 Å². The summed E-state index contributed by atoms with van der Waals surface area (Å²) in [6, 6.07) is 1.80. The normalized spacial score (nSPS) is 21.2. The third kappa shape index (κ3) is 3.58. The Morgan fingerprint density at radius 3 is 2.68 bits per heavy atom. The average molecular weight is 269 g/mol. The van der Waals surface area contributed by atoms with Gasteiger partial charge in [-0.15, -0.1) is 0 Å². The van der Waals surface area contributed by atoms with Crippen LogP contribution in [-0.4, -0.2) is 55.6 Å². The Labute approximate surface area is 114 Å². The van der Waals surface area contributed by atoms with Crippen LogP contribution in [0.3, 0.4) is 0 Å². The van der Waals surface area contributed by atoms with Gasteiger partial charge < -0.3 is 9.47 Å². The van der Waals surface area contributed by atoms with Crippen molar-refractivity contribution in [2.45, 2.75) is 38.8 Å². The minimum Gasteiger partial charge on any atom is -0.452 e. The summed E-state index contributed by atoms with van der Waals surface area (Å²) in [7, 11) is 2.98. The fraction of sp³-hybridized carbons (Fsp3) is 0.846. The first-order chi connectivity index (χ1) is 9.06. The molecule has 108 valence electrons. The molecule has 2 atom stereocenters. The molecule has 1 aliphatic heterocycles. The Morgan fingerprint density at radius 1 is 1.53 bits per heavy atom. The fourth-order valence-electron chi connectivity index (χ4n) is 2.42. The predicted octanol–water partition coefficient (Wildman–Crippen LogP) is 1.63. The van der Waals surface area contributed by atoms with Crippen molar-refractivity contribution in [1.29, 1.82) is 5.26 Å². The number of carbonyl (C=O) groups excluding carboxylic acids is 1. The van der Waals surface area contributed by atoms with Crippen LogP contribution in [0.5, 0.6) is 0 Å². The zero-order valence-corrected chi connectivity index (χ0v) is 12.1. The van der Waals surface area contributed by atoms with Crippen LogP contribution in [0.4, 0.5) is 4.79 Å². The Hall–Kier alpha value is -1.32. The first-order valence-electron chi connectivity index (χ1n) is 6.59. The van der Waals surface area contributed by atoms with Crippen LogP contribution < -0.4 is 0 Å². The number of carbonyl (C=O) groups is 1. The van der Waals surface area contributed by atoms with Crippen LogP contribution in [0, 0.1) is 17.2 Å². The zero-order chi connectivity index (χ0) is 14.4. The van der Waals surface area contributed by atoms with Crippen molar-refractivity contribution >= 4 is 6.09 Å². The van der Waals surface area contributed by atoms with Crippen molar-refractivity contribution in [3.8, 4) is 6.07 Å². The van der Waals surface area contributed by atoms with E-state index in [2.05, 4.69) is 6.07 Å². The van der Waals surface area contributed by atoms with Gasteiger partial charge in [-0.25, -0.2) is 14.8 Å². The molecule has 0 aromatic carbocycles. The molecule has 0 radical (unpaired) electrons. The van der Waals surface area contributed by atoms with E-state index in [-0.39, 0.29) is 12.0 Å². The number of rotatable bonds is 5. The van der Waals surface area contributed by atoms with Gasteiger partial charge in [0.15, 0.2) is 0 Å². The molecule has 0 aromatic heterocycles. The van der Waals surface area contributed by atoms with E-state index in [0.29, 0.717) is 6.61 Å². The van der Waals surface area contributed by atoms with Crippen LogP contribution in [0.15, 0.2) is 0 Å². The molecular formula is C13H23N3O3. The lowest BCUT2D eigenvalue weighted by Gasteiger charge is -2.38. The van der Waals surface area contributed by atoms with Gasteiger partial charge in [0.2, 0.25) is 0 Å². The molecule has 0 bridgehead atoms. The Morgan fingerprint density at radius 2 is 2.21 bits per heavy atom. The highest BCUT2D eigenvalue weighted by Crippen LogP contribution is 2.24. The molecule has 6 heteroatoms. The molecule has 0 saturated carbocycles. The largest absolute Gasteiger partial charge is 0.452 e.